The Labute approximate surface area is 130 Å². The Bertz CT molecular complexity index is 709. The average molecular weight is 348 g/mol. The van der Waals surface area contributed by atoms with Crippen LogP contribution in [-0.2, 0) is 13.1 Å². The van der Waals surface area contributed by atoms with Crippen LogP contribution in [0.2, 0.25) is 0 Å². The van der Waals surface area contributed by atoms with Crippen LogP contribution in [0.3, 0.4) is 0 Å². The van der Waals surface area contributed by atoms with Crippen molar-refractivity contribution in [3.63, 3.8) is 0 Å². The Balaban J connectivity index is 1.72. The lowest BCUT2D eigenvalue weighted by molar-refractivity contribution is 0.277. The van der Waals surface area contributed by atoms with Crippen LogP contribution in [0.25, 0.3) is 5.69 Å². The van der Waals surface area contributed by atoms with E-state index in [0.717, 1.165) is 21.9 Å². The van der Waals surface area contributed by atoms with Crippen molar-refractivity contribution in [1.29, 1.82) is 0 Å². The molecule has 0 aliphatic rings. The highest BCUT2D eigenvalue weighted by Crippen LogP contribution is 2.16. The summed E-state index contributed by atoms with van der Waals surface area (Å²) in [6.07, 6.45) is 0. The maximum atomic E-state index is 5.50. The van der Waals surface area contributed by atoms with Crippen molar-refractivity contribution < 1.29 is 4.42 Å². The predicted octanol–water partition coefficient (Wildman–Crippen LogP) is 2.65. The number of furan rings is 1. The van der Waals surface area contributed by atoms with E-state index in [9.17, 15) is 0 Å². The van der Waals surface area contributed by atoms with Gasteiger partial charge in [-0.25, -0.2) is 0 Å². The topological polar surface area (TPSA) is 60.0 Å². The number of hydrogen-bond acceptors (Lipinski definition) is 5. The minimum absolute atomic E-state index is 0.625. The molecule has 3 rings (SSSR count). The largest absolute Gasteiger partial charge is 0.453 e. The van der Waals surface area contributed by atoms with Crippen molar-refractivity contribution in [2.24, 2.45) is 0 Å². The van der Waals surface area contributed by atoms with E-state index in [-0.39, 0.29) is 0 Å². The standard InChI is InChI=1S/C14H14BrN5O/c1-19(9-12-7-8-13(15)21-12)10-14-16-17-18-20(14)11-5-3-2-4-6-11/h2-8H,9-10H2,1H3. The first-order valence-corrected chi connectivity index (χ1v) is 7.27. The first-order valence-electron chi connectivity index (χ1n) is 6.48. The molecule has 1 aromatic carbocycles. The van der Waals surface area contributed by atoms with Crippen LogP contribution in [0.5, 0.6) is 0 Å². The molecule has 2 aromatic heterocycles. The molecular formula is C14H14BrN5O. The smallest absolute Gasteiger partial charge is 0.170 e. The van der Waals surface area contributed by atoms with Gasteiger partial charge < -0.3 is 4.42 Å². The van der Waals surface area contributed by atoms with Crippen molar-refractivity contribution in [3.05, 3.63) is 58.7 Å². The molecule has 0 aliphatic carbocycles. The Morgan fingerprint density at radius 3 is 2.67 bits per heavy atom. The zero-order valence-electron chi connectivity index (χ0n) is 11.5. The van der Waals surface area contributed by atoms with Gasteiger partial charge in [-0.05, 0) is 57.7 Å². The zero-order valence-corrected chi connectivity index (χ0v) is 13.1. The van der Waals surface area contributed by atoms with Crippen LogP contribution >= 0.6 is 15.9 Å². The Morgan fingerprint density at radius 1 is 1.14 bits per heavy atom. The summed E-state index contributed by atoms with van der Waals surface area (Å²) in [5, 5.41) is 11.9. The van der Waals surface area contributed by atoms with Gasteiger partial charge in [0.1, 0.15) is 5.76 Å². The summed E-state index contributed by atoms with van der Waals surface area (Å²) >= 11 is 3.30. The van der Waals surface area contributed by atoms with Crippen LogP contribution < -0.4 is 0 Å². The van der Waals surface area contributed by atoms with Gasteiger partial charge in [0.15, 0.2) is 10.5 Å². The van der Waals surface area contributed by atoms with Crippen molar-refractivity contribution in [3.8, 4) is 5.69 Å². The van der Waals surface area contributed by atoms with Gasteiger partial charge in [-0.3, -0.25) is 4.90 Å². The molecule has 108 valence electrons. The molecule has 0 bridgehead atoms. The number of aromatic nitrogens is 4. The van der Waals surface area contributed by atoms with Gasteiger partial charge in [0.05, 0.1) is 18.8 Å². The molecule has 0 aliphatic heterocycles. The summed E-state index contributed by atoms with van der Waals surface area (Å²) in [6.45, 7) is 1.31. The molecule has 0 unspecified atom stereocenters. The molecule has 0 amide bonds. The summed E-state index contributed by atoms with van der Waals surface area (Å²) in [5.41, 5.74) is 0.951. The van der Waals surface area contributed by atoms with E-state index in [2.05, 4.69) is 36.4 Å². The molecule has 2 heterocycles. The van der Waals surface area contributed by atoms with Gasteiger partial charge >= 0.3 is 0 Å². The number of nitrogens with zero attached hydrogens (tertiary/aromatic N) is 5. The number of hydrogen-bond donors (Lipinski definition) is 0. The highest BCUT2D eigenvalue weighted by molar-refractivity contribution is 9.10. The van der Waals surface area contributed by atoms with Crippen molar-refractivity contribution in [1.82, 2.24) is 25.1 Å². The lowest BCUT2D eigenvalue weighted by Crippen LogP contribution is -2.19. The Morgan fingerprint density at radius 2 is 1.95 bits per heavy atom. The number of benzene rings is 1. The third-order valence-electron chi connectivity index (χ3n) is 3.00. The number of para-hydroxylation sites is 1. The van der Waals surface area contributed by atoms with E-state index in [1.54, 1.807) is 4.68 Å². The lowest BCUT2D eigenvalue weighted by atomic mass is 10.3. The van der Waals surface area contributed by atoms with Crippen molar-refractivity contribution >= 4 is 15.9 Å². The number of rotatable bonds is 5. The van der Waals surface area contributed by atoms with Gasteiger partial charge in [-0.2, -0.15) is 4.68 Å². The monoisotopic (exact) mass is 347 g/mol. The molecule has 0 radical (unpaired) electrons. The molecule has 3 aromatic rings. The summed E-state index contributed by atoms with van der Waals surface area (Å²) in [6, 6.07) is 13.7. The first kappa shape index (κ1) is 14.0. The Hall–Kier alpha value is -1.99. The molecule has 0 saturated heterocycles. The fourth-order valence-electron chi connectivity index (χ4n) is 2.07. The van der Waals surface area contributed by atoms with E-state index in [1.165, 1.54) is 0 Å². The van der Waals surface area contributed by atoms with Crippen LogP contribution in [-0.4, -0.2) is 32.2 Å². The molecular weight excluding hydrogens is 334 g/mol. The molecule has 21 heavy (non-hydrogen) atoms. The van der Waals surface area contributed by atoms with Gasteiger partial charge in [0, 0.05) is 0 Å². The maximum absolute atomic E-state index is 5.50. The fraction of sp³-hybridized carbons (Fsp3) is 0.214. The van der Waals surface area contributed by atoms with E-state index in [4.69, 9.17) is 4.42 Å². The molecule has 0 saturated carbocycles. The Kier molecular flexibility index (Phi) is 4.12. The minimum Gasteiger partial charge on any atom is -0.453 e. The van der Waals surface area contributed by atoms with Crippen LogP contribution in [0.1, 0.15) is 11.6 Å². The quantitative estimate of drug-likeness (QED) is 0.710. The van der Waals surface area contributed by atoms with Gasteiger partial charge in [-0.15, -0.1) is 5.10 Å². The van der Waals surface area contributed by atoms with E-state index in [0.29, 0.717) is 13.1 Å². The second kappa shape index (κ2) is 6.19. The lowest BCUT2D eigenvalue weighted by Gasteiger charge is -2.14. The highest BCUT2D eigenvalue weighted by atomic mass is 79.9. The van der Waals surface area contributed by atoms with Crippen molar-refractivity contribution in [2.45, 2.75) is 13.1 Å². The second-order valence-corrected chi connectivity index (χ2v) is 5.50. The normalized spacial score (nSPS) is 11.2. The van der Waals surface area contributed by atoms with E-state index >= 15 is 0 Å². The number of tetrazole rings is 1. The molecule has 0 atom stereocenters. The SMILES string of the molecule is CN(Cc1ccc(Br)o1)Cc1nnnn1-c1ccccc1. The summed E-state index contributed by atoms with van der Waals surface area (Å²) in [7, 11) is 2.00. The molecule has 0 fully saturated rings. The second-order valence-electron chi connectivity index (χ2n) is 4.72. The van der Waals surface area contributed by atoms with Gasteiger partial charge in [0.25, 0.3) is 0 Å². The molecule has 0 N–H and O–H groups in total. The maximum Gasteiger partial charge on any atom is 0.170 e. The third-order valence-corrected chi connectivity index (χ3v) is 3.43. The minimum atomic E-state index is 0.625. The predicted molar refractivity (Wildman–Crippen MR) is 80.7 cm³/mol. The van der Waals surface area contributed by atoms with Gasteiger partial charge in [0.2, 0.25) is 0 Å². The zero-order chi connectivity index (χ0) is 14.7. The molecule has 0 spiro atoms. The third kappa shape index (κ3) is 3.37. The summed E-state index contributed by atoms with van der Waals surface area (Å²) < 4.78 is 7.99. The van der Waals surface area contributed by atoms with Crippen LogP contribution in [0, 0.1) is 0 Å². The average Bonchev–Trinajstić information content (AvgIpc) is 3.09. The molecule has 6 nitrogen and oxygen atoms in total. The first-order chi connectivity index (χ1) is 10.2. The van der Waals surface area contributed by atoms with E-state index in [1.807, 2.05) is 49.5 Å². The van der Waals surface area contributed by atoms with Crippen LogP contribution in [0.4, 0.5) is 0 Å². The summed E-state index contributed by atoms with van der Waals surface area (Å²) in [4.78, 5) is 2.09. The fourth-order valence-corrected chi connectivity index (χ4v) is 2.41. The van der Waals surface area contributed by atoms with E-state index < -0.39 is 0 Å². The molecule has 7 heteroatoms. The van der Waals surface area contributed by atoms with Gasteiger partial charge in [-0.1, -0.05) is 18.2 Å². The summed E-state index contributed by atoms with van der Waals surface area (Å²) in [5.74, 6) is 1.68. The highest BCUT2D eigenvalue weighted by Gasteiger charge is 2.12. The number of halogens is 1. The van der Waals surface area contributed by atoms with Crippen LogP contribution in [0.15, 0.2) is 51.6 Å². The van der Waals surface area contributed by atoms with Crippen molar-refractivity contribution in [2.75, 3.05) is 7.05 Å².